The fourth-order valence-electron chi connectivity index (χ4n) is 2.91. The average molecular weight is 439 g/mol. The summed E-state index contributed by atoms with van der Waals surface area (Å²) in [5.74, 6) is -0.164. The van der Waals surface area contributed by atoms with E-state index in [2.05, 4.69) is 5.32 Å². The van der Waals surface area contributed by atoms with Crippen molar-refractivity contribution in [3.8, 4) is 17.1 Å². The van der Waals surface area contributed by atoms with Gasteiger partial charge in [0.25, 0.3) is 5.91 Å². The van der Waals surface area contributed by atoms with Crippen molar-refractivity contribution >= 4 is 39.2 Å². The van der Waals surface area contributed by atoms with Gasteiger partial charge in [0.05, 0.1) is 12.9 Å². The van der Waals surface area contributed by atoms with Crippen LogP contribution < -0.4 is 15.7 Å². The van der Waals surface area contributed by atoms with E-state index in [-0.39, 0.29) is 18.8 Å². The Morgan fingerprint density at radius 3 is 2.77 bits per heavy atom. The highest BCUT2D eigenvalue weighted by Gasteiger charge is 2.24. The molecule has 3 heterocycles. The van der Waals surface area contributed by atoms with E-state index in [1.54, 1.807) is 42.6 Å². The molecule has 0 bridgehead atoms. The second-order valence-electron chi connectivity index (χ2n) is 6.34. The van der Waals surface area contributed by atoms with Crippen molar-refractivity contribution in [2.45, 2.75) is 6.92 Å². The van der Waals surface area contributed by atoms with Gasteiger partial charge in [-0.05, 0) is 37.3 Å². The Balaban J connectivity index is 1.49. The van der Waals surface area contributed by atoms with Crippen molar-refractivity contribution in [1.82, 2.24) is 0 Å². The van der Waals surface area contributed by atoms with Gasteiger partial charge in [-0.15, -0.1) is 11.3 Å². The number of rotatable bonds is 7. The van der Waals surface area contributed by atoms with Crippen LogP contribution in [0.1, 0.15) is 17.3 Å². The number of esters is 1. The third-order valence-electron chi connectivity index (χ3n) is 4.27. The van der Waals surface area contributed by atoms with Crippen molar-refractivity contribution in [3.63, 3.8) is 0 Å². The number of fused-ring (bicyclic) bond motifs is 1. The van der Waals surface area contributed by atoms with Gasteiger partial charge in [-0.3, -0.25) is 4.79 Å². The monoisotopic (exact) mass is 439 g/mol. The molecule has 8 nitrogen and oxygen atoms in total. The van der Waals surface area contributed by atoms with E-state index in [4.69, 9.17) is 18.3 Å². The van der Waals surface area contributed by atoms with E-state index >= 15 is 0 Å². The summed E-state index contributed by atoms with van der Waals surface area (Å²) < 4.78 is 21.1. The van der Waals surface area contributed by atoms with E-state index in [0.29, 0.717) is 27.7 Å². The highest BCUT2D eigenvalue weighted by atomic mass is 32.1. The predicted molar refractivity (Wildman–Crippen MR) is 115 cm³/mol. The Morgan fingerprint density at radius 2 is 2.00 bits per heavy atom. The van der Waals surface area contributed by atoms with Crippen LogP contribution in [0.5, 0.6) is 5.75 Å². The summed E-state index contributed by atoms with van der Waals surface area (Å²) >= 11 is 1.18. The second kappa shape index (κ2) is 8.88. The van der Waals surface area contributed by atoms with Gasteiger partial charge < -0.3 is 23.6 Å². The zero-order valence-electron chi connectivity index (χ0n) is 16.4. The SMILES string of the molecule is CCOC(=O)c1c(-c2ccco2)csc1NC(=O)COc1ccc2ccc(=O)oc2c1. The molecule has 4 rings (SSSR count). The lowest BCUT2D eigenvalue weighted by Crippen LogP contribution is -2.21. The zero-order valence-corrected chi connectivity index (χ0v) is 17.2. The lowest BCUT2D eigenvalue weighted by molar-refractivity contribution is -0.118. The number of nitrogens with one attached hydrogen (secondary N) is 1. The lowest BCUT2D eigenvalue weighted by Gasteiger charge is -2.09. The minimum atomic E-state index is -0.559. The number of carbonyl (C=O) groups excluding carboxylic acids is 2. The first kappa shape index (κ1) is 20.4. The maximum absolute atomic E-state index is 12.5. The molecule has 0 saturated carbocycles. The van der Waals surface area contributed by atoms with Gasteiger partial charge in [0.15, 0.2) is 6.61 Å². The molecular formula is C22H17NO7S. The molecule has 1 amide bonds. The minimum Gasteiger partial charge on any atom is -0.484 e. The van der Waals surface area contributed by atoms with Gasteiger partial charge in [0.2, 0.25) is 0 Å². The molecule has 1 aromatic carbocycles. The molecule has 0 spiro atoms. The Hall–Kier alpha value is -3.85. The summed E-state index contributed by atoms with van der Waals surface area (Å²) in [6, 6.07) is 11.3. The molecule has 4 aromatic rings. The molecule has 0 atom stereocenters. The van der Waals surface area contributed by atoms with E-state index in [1.165, 1.54) is 29.7 Å². The molecule has 158 valence electrons. The summed E-state index contributed by atoms with van der Waals surface area (Å²) in [4.78, 5) is 36.3. The number of thiophene rings is 1. The van der Waals surface area contributed by atoms with Crippen molar-refractivity contribution in [2.75, 3.05) is 18.5 Å². The Morgan fingerprint density at radius 1 is 1.16 bits per heavy atom. The molecule has 3 aromatic heterocycles. The molecular weight excluding hydrogens is 422 g/mol. The zero-order chi connectivity index (χ0) is 21.8. The number of carbonyl (C=O) groups is 2. The van der Waals surface area contributed by atoms with Crippen LogP contribution in [0.4, 0.5) is 5.00 Å². The van der Waals surface area contributed by atoms with Crippen molar-refractivity contribution in [3.05, 3.63) is 70.1 Å². The van der Waals surface area contributed by atoms with E-state index in [0.717, 1.165) is 5.39 Å². The maximum Gasteiger partial charge on any atom is 0.341 e. The molecule has 9 heteroatoms. The van der Waals surface area contributed by atoms with Gasteiger partial charge in [0, 0.05) is 28.5 Å². The van der Waals surface area contributed by atoms with E-state index in [1.807, 2.05) is 0 Å². The first-order valence-corrected chi connectivity index (χ1v) is 10.2. The summed E-state index contributed by atoms with van der Waals surface area (Å²) in [7, 11) is 0. The third kappa shape index (κ3) is 4.51. The molecule has 1 N–H and O–H groups in total. The van der Waals surface area contributed by atoms with E-state index in [9.17, 15) is 14.4 Å². The maximum atomic E-state index is 12.5. The molecule has 0 aliphatic carbocycles. The van der Waals surface area contributed by atoms with Crippen LogP contribution in [0.15, 0.2) is 67.7 Å². The van der Waals surface area contributed by atoms with Gasteiger partial charge >= 0.3 is 11.6 Å². The first-order chi connectivity index (χ1) is 15.0. The molecule has 0 unspecified atom stereocenters. The van der Waals surface area contributed by atoms with Crippen LogP contribution in [0, 0.1) is 0 Å². The number of anilines is 1. The average Bonchev–Trinajstić information content (AvgIpc) is 3.42. The van der Waals surface area contributed by atoms with Crippen LogP contribution in [0.25, 0.3) is 22.3 Å². The fourth-order valence-corrected chi connectivity index (χ4v) is 3.86. The normalized spacial score (nSPS) is 10.7. The Kier molecular flexibility index (Phi) is 5.85. The topological polar surface area (TPSA) is 108 Å². The summed E-state index contributed by atoms with van der Waals surface area (Å²) in [6.07, 6.45) is 1.50. The minimum absolute atomic E-state index is 0.195. The Labute approximate surface area is 180 Å². The first-order valence-electron chi connectivity index (χ1n) is 9.34. The van der Waals surface area contributed by atoms with Crippen molar-refractivity contribution in [2.24, 2.45) is 0 Å². The van der Waals surface area contributed by atoms with Crippen LogP contribution in [-0.2, 0) is 9.53 Å². The third-order valence-corrected chi connectivity index (χ3v) is 5.17. The molecule has 0 aliphatic heterocycles. The smallest absolute Gasteiger partial charge is 0.341 e. The van der Waals surface area contributed by atoms with Gasteiger partial charge in [-0.1, -0.05) is 0 Å². The van der Waals surface area contributed by atoms with Gasteiger partial charge in [-0.2, -0.15) is 0 Å². The predicted octanol–water partition coefficient (Wildman–Crippen LogP) is 4.31. The lowest BCUT2D eigenvalue weighted by atomic mass is 10.1. The Bertz CT molecular complexity index is 1290. The molecule has 0 saturated heterocycles. The number of amides is 1. The van der Waals surface area contributed by atoms with Crippen LogP contribution >= 0.6 is 11.3 Å². The van der Waals surface area contributed by atoms with Crippen molar-refractivity contribution in [1.29, 1.82) is 0 Å². The van der Waals surface area contributed by atoms with Crippen LogP contribution in [0.3, 0.4) is 0 Å². The second-order valence-corrected chi connectivity index (χ2v) is 7.22. The number of hydrogen-bond acceptors (Lipinski definition) is 8. The highest BCUT2D eigenvalue weighted by molar-refractivity contribution is 7.15. The van der Waals surface area contributed by atoms with Crippen LogP contribution in [0.2, 0.25) is 0 Å². The quantitative estimate of drug-likeness (QED) is 0.338. The molecule has 31 heavy (non-hydrogen) atoms. The molecule has 0 aliphatic rings. The molecule has 0 fully saturated rings. The van der Waals surface area contributed by atoms with Crippen LogP contribution in [-0.4, -0.2) is 25.1 Å². The van der Waals surface area contributed by atoms with E-state index < -0.39 is 17.5 Å². The van der Waals surface area contributed by atoms with Gasteiger partial charge in [0.1, 0.15) is 27.7 Å². The summed E-state index contributed by atoms with van der Waals surface area (Å²) in [5, 5.41) is 5.47. The number of benzene rings is 1. The summed E-state index contributed by atoms with van der Waals surface area (Å²) in [6.45, 7) is 1.59. The number of hydrogen-bond donors (Lipinski definition) is 1. The highest BCUT2D eigenvalue weighted by Crippen LogP contribution is 2.36. The largest absolute Gasteiger partial charge is 0.484 e. The number of furan rings is 1. The van der Waals surface area contributed by atoms with Gasteiger partial charge in [-0.25, -0.2) is 9.59 Å². The molecule has 0 radical (unpaired) electrons. The number of ether oxygens (including phenoxy) is 2. The fraction of sp³-hybridized carbons (Fsp3) is 0.136. The standard InChI is InChI=1S/C22H17NO7S/c1-2-27-22(26)20-15(16-4-3-9-28-16)12-31-21(20)23-18(24)11-29-14-7-5-13-6-8-19(25)30-17(13)10-14/h3-10,12H,2,11H2,1H3,(H,23,24). The van der Waals surface area contributed by atoms with Crippen molar-refractivity contribution < 1.29 is 27.9 Å². The summed E-state index contributed by atoms with van der Waals surface area (Å²) in [5.41, 5.74) is 0.646.